The second kappa shape index (κ2) is 11.1. The van der Waals surface area contributed by atoms with Crippen LogP contribution in [-0.4, -0.2) is 0 Å². The Labute approximate surface area is 170 Å². The van der Waals surface area contributed by atoms with Gasteiger partial charge in [0.25, 0.3) is 0 Å². The Morgan fingerprint density at radius 2 is 1.57 bits per heavy atom. The molecule has 28 heavy (non-hydrogen) atoms. The first-order chi connectivity index (χ1) is 13.7. The van der Waals surface area contributed by atoms with Crippen molar-refractivity contribution in [3.8, 4) is 0 Å². The predicted molar refractivity (Wildman–Crippen MR) is 114 cm³/mol. The molecule has 0 unspecified atom stereocenters. The maximum Gasteiger partial charge on any atom is 0.159 e. The van der Waals surface area contributed by atoms with Gasteiger partial charge in [-0.25, -0.2) is 8.78 Å². The smallest absolute Gasteiger partial charge is 0.159 e. The van der Waals surface area contributed by atoms with E-state index < -0.39 is 11.6 Å². The van der Waals surface area contributed by atoms with E-state index in [1.165, 1.54) is 82.8 Å². The van der Waals surface area contributed by atoms with Crippen molar-refractivity contribution in [1.29, 1.82) is 0 Å². The normalized spacial score (nSPS) is 28.7. The van der Waals surface area contributed by atoms with Gasteiger partial charge in [-0.1, -0.05) is 50.8 Å². The van der Waals surface area contributed by atoms with Crippen molar-refractivity contribution in [3.05, 3.63) is 47.5 Å². The van der Waals surface area contributed by atoms with Crippen molar-refractivity contribution < 1.29 is 8.78 Å². The Hall–Kier alpha value is -1.18. The zero-order valence-electron chi connectivity index (χ0n) is 17.6. The Kier molecular flexibility index (Phi) is 8.55. The molecule has 2 fully saturated rings. The van der Waals surface area contributed by atoms with Gasteiger partial charge in [0.05, 0.1) is 0 Å². The minimum atomic E-state index is -0.740. The van der Waals surface area contributed by atoms with E-state index in [4.69, 9.17) is 0 Å². The third-order valence-electron chi connectivity index (χ3n) is 7.33. The maximum absolute atomic E-state index is 13.4. The molecular formula is C26H38F2. The summed E-state index contributed by atoms with van der Waals surface area (Å²) < 4.78 is 26.4. The van der Waals surface area contributed by atoms with E-state index in [1.807, 2.05) is 0 Å². The summed E-state index contributed by atoms with van der Waals surface area (Å²) in [6.45, 7) is 2.26. The first kappa shape index (κ1) is 21.5. The molecule has 2 saturated carbocycles. The number of rotatable bonds is 8. The van der Waals surface area contributed by atoms with Gasteiger partial charge in [-0.05, 0) is 99.2 Å². The number of hydrogen-bond acceptors (Lipinski definition) is 0. The molecule has 0 atom stereocenters. The highest BCUT2D eigenvalue weighted by molar-refractivity contribution is 5.17. The fraction of sp³-hybridized carbons (Fsp3) is 0.692. The van der Waals surface area contributed by atoms with Crippen LogP contribution in [0.1, 0.15) is 89.5 Å². The minimum absolute atomic E-state index is 0.711. The maximum atomic E-state index is 13.4. The topological polar surface area (TPSA) is 0 Å². The van der Waals surface area contributed by atoms with Crippen LogP contribution in [0.5, 0.6) is 0 Å². The monoisotopic (exact) mass is 388 g/mol. The number of hydrogen-bond donors (Lipinski definition) is 0. The summed E-state index contributed by atoms with van der Waals surface area (Å²) in [7, 11) is 0. The molecule has 1 aromatic carbocycles. The molecule has 0 heterocycles. The highest BCUT2D eigenvalue weighted by Gasteiger charge is 2.30. The van der Waals surface area contributed by atoms with E-state index in [1.54, 1.807) is 6.07 Å². The largest absolute Gasteiger partial charge is 0.204 e. The lowest BCUT2D eigenvalue weighted by Gasteiger charge is -2.37. The Morgan fingerprint density at radius 1 is 0.893 bits per heavy atom. The van der Waals surface area contributed by atoms with Crippen molar-refractivity contribution in [3.63, 3.8) is 0 Å². The summed E-state index contributed by atoms with van der Waals surface area (Å²) in [4.78, 5) is 0. The predicted octanol–water partition coefficient (Wildman–Crippen LogP) is 8.26. The standard InChI is InChI=1S/C26H38F2/c1-2-3-4-5-6-20-9-14-23(15-10-20)24-16-11-21(12-17-24)7-8-22-13-18-25(27)26(28)19-22/h5-6,13,18-21,23-24H,2-4,7-12,14-17H2,1H3/t20-,21-,23-,24-. The number of unbranched alkanes of at least 4 members (excludes halogenated alkanes) is 2. The number of allylic oxidation sites excluding steroid dienone is 2. The van der Waals surface area contributed by atoms with Crippen molar-refractivity contribution in [2.45, 2.75) is 90.4 Å². The Balaban J connectivity index is 1.34. The van der Waals surface area contributed by atoms with Crippen LogP contribution in [0.4, 0.5) is 8.78 Å². The SMILES string of the molecule is CCCCC=C[C@H]1CC[C@H]([C@H]2CC[C@H](CCc3ccc(F)c(F)c3)CC2)CC1. The zero-order valence-corrected chi connectivity index (χ0v) is 17.6. The molecule has 1 aromatic rings. The van der Waals surface area contributed by atoms with Crippen LogP contribution in [0.25, 0.3) is 0 Å². The van der Waals surface area contributed by atoms with Crippen LogP contribution in [-0.2, 0) is 6.42 Å². The molecule has 0 N–H and O–H groups in total. The molecule has 2 heteroatoms. The minimum Gasteiger partial charge on any atom is -0.204 e. The molecule has 2 aliphatic carbocycles. The molecule has 0 amide bonds. The van der Waals surface area contributed by atoms with Crippen LogP contribution in [0.15, 0.2) is 30.4 Å². The van der Waals surface area contributed by atoms with Gasteiger partial charge in [0, 0.05) is 0 Å². The van der Waals surface area contributed by atoms with E-state index >= 15 is 0 Å². The molecule has 156 valence electrons. The zero-order chi connectivity index (χ0) is 19.8. The van der Waals surface area contributed by atoms with Crippen LogP contribution < -0.4 is 0 Å². The van der Waals surface area contributed by atoms with Gasteiger partial charge in [0.15, 0.2) is 11.6 Å². The van der Waals surface area contributed by atoms with Gasteiger partial charge < -0.3 is 0 Å². The average molecular weight is 389 g/mol. The van der Waals surface area contributed by atoms with E-state index in [9.17, 15) is 8.78 Å². The highest BCUT2D eigenvalue weighted by atomic mass is 19.2. The molecule has 0 aliphatic heterocycles. The summed E-state index contributed by atoms with van der Waals surface area (Å²) in [6.07, 6.45) is 21.8. The summed E-state index contributed by atoms with van der Waals surface area (Å²) in [6, 6.07) is 4.37. The Morgan fingerprint density at radius 3 is 2.21 bits per heavy atom. The quantitative estimate of drug-likeness (QED) is 0.310. The second-order valence-corrected chi connectivity index (χ2v) is 9.31. The number of aryl methyl sites for hydroxylation is 1. The molecule has 0 bridgehead atoms. The van der Waals surface area contributed by atoms with Crippen molar-refractivity contribution >= 4 is 0 Å². The summed E-state index contributed by atoms with van der Waals surface area (Å²) >= 11 is 0. The van der Waals surface area contributed by atoms with E-state index in [0.29, 0.717) is 0 Å². The molecule has 0 aromatic heterocycles. The van der Waals surface area contributed by atoms with Gasteiger partial charge in [0.1, 0.15) is 0 Å². The molecule has 0 radical (unpaired) electrons. The van der Waals surface area contributed by atoms with Crippen molar-refractivity contribution in [1.82, 2.24) is 0 Å². The number of halogens is 2. The van der Waals surface area contributed by atoms with Crippen LogP contribution in [0, 0.1) is 35.3 Å². The third kappa shape index (κ3) is 6.42. The van der Waals surface area contributed by atoms with Crippen LogP contribution in [0.2, 0.25) is 0 Å². The molecule has 0 saturated heterocycles. The molecule has 0 spiro atoms. The average Bonchev–Trinajstić information content (AvgIpc) is 2.73. The van der Waals surface area contributed by atoms with Gasteiger partial charge in [-0.3, -0.25) is 0 Å². The molecule has 3 rings (SSSR count). The lowest BCUT2D eigenvalue weighted by atomic mass is 9.68. The fourth-order valence-corrected chi connectivity index (χ4v) is 5.43. The summed E-state index contributed by atoms with van der Waals surface area (Å²) in [5.74, 6) is 2.03. The van der Waals surface area contributed by atoms with Gasteiger partial charge >= 0.3 is 0 Å². The first-order valence-corrected chi connectivity index (χ1v) is 11.8. The highest BCUT2D eigenvalue weighted by Crippen LogP contribution is 2.42. The van der Waals surface area contributed by atoms with Crippen molar-refractivity contribution in [2.24, 2.45) is 23.7 Å². The Bertz CT molecular complexity index is 605. The lowest BCUT2D eigenvalue weighted by Crippen LogP contribution is -2.25. The van der Waals surface area contributed by atoms with Crippen LogP contribution >= 0.6 is 0 Å². The van der Waals surface area contributed by atoms with Crippen LogP contribution in [0.3, 0.4) is 0 Å². The van der Waals surface area contributed by atoms with E-state index in [2.05, 4.69) is 19.1 Å². The second-order valence-electron chi connectivity index (χ2n) is 9.31. The fourth-order valence-electron chi connectivity index (χ4n) is 5.43. The van der Waals surface area contributed by atoms with Gasteiger partial charge in [-0.15, -0.1) is 0 Å². The van der Waals surface area contributed by atoms with E-state index in [-0.39, 0.29) is 0 Å². The summed E-state index contributed by atoms with van der Waals surface area (Å²) in [5, 5.41) is 0. The molecular weight excluding hydrogens is 350 g/mol. The third-order valence-corrected chi connectivity index (χ3v) is 7.33. The van der Waals surface area contributed by atoms with Gasteiger partial charge in [0.2, 0.25) is 0 Å². The van der Waals surface area contributed by atoms with Gasteiger partial charge in [-0.2, -0.15) is 0 Å². The number of benzene rings is 1. The van der Waals surface area contributed by atoms with E-state index in [0.717, 1.165) is 42.1 Å². The molecule has 0 nitrogen and oxygen atoms in total. The first-order valence-electron chi connectivity index (χ1n) is 11.8. The molecule has 2 aliphatic rings. The van der Waals surface area contributed by atoms with Crippen molar-refractivity contribution in [2.75, 3.05) is 0 Å². The lowest BCUT2D eigenvalue weighted by molar-refractivity contribution is 0.152. The summed E-state index contributed by atoms with van der Waals surface area (Å²) in [5.41, 5.74) is 0.936.